The lowest BCUT2D eigenvalue weighted by Gasteiger charge is -2.29. The zero-order valence-corrected chi connectivity index (χ0v) is 8.04. The summed E-state index contributed by atoms with van der Waals surface area (Å²) in [6.07, 6.45) is 0. The molecule has 0 aromatic heterocycles. The second-order valence-electron chi connectivity index (χ2n) is 3.24. The minimum absolute atomic E-state index is 0.0781. The van der Waals surface area contributed by atoms with Crippen molar-refractivity contribution in [2.75, 3.05) is 18.4 Å². The summed E-state index contributed by atoms with van der Waals surface area (Å²) in [5, 5.41) is 6.01. The number of anilines is 1. The number of benzene rings is 1. The van der Waals surface area contributed by atoms with Crippen molar-refractivity contribution in [1.82, 2.24) is 5.32 Å². The summed E-state index contributed by atoms with van der Waals surface area (Å²) in [6.45, 7) is 1.54. The Morgan fingerprint density at radius 3 is 2.57 bits per heavy atom. The van der Waals surface area contributed by atoms with Crippen LogP contribution in [0.5, 0.6) is 0 Å². The summed E-state index contributed by atoms with van der Waals surface area (Å²) in [5.74, 6) is -1.31. The third-order valence-electron chi connectivity index (χ3n) is 2.14. The molecule has 5 heteroatoms. The van der Waals surface area contributed by atoms with Gasteiger partial charge >= 0.3 is 0 Å². The molecule has 1 aliphatic heterocycles. The second kappa shape index (κ2) is 3.71. The van der Waals surface area contributed by atoms with E-state index in [-0.39, 0.29) is 16.8 Å². The van der Waals surface area contributed by atoms with Crippen molar-refractivity contribution >= 4 is 17.3 Å². The molecule has 0 saturated carbocycles. The monoisotopic (exact) mass is 218 g/mol. The third-order valence-corrected chi connectivity index (χ3v) is 2.43. The molecule has 2 N–H and O–H groups in total. The lowest BCUT2D eigenvalue weighted by atomic mass is 10.1. The molecular weight excluding hydrogens is 210 g/mol. The molecule has 14 heavy (non-hydrogen) atoms. The van der Waals surface area contributed by atoms with Gasteiger partial charge in [-0.1, -0.05) is 11.6 Å². The Morgan fingerprint density at radius 1 is 1.36 bits per heavy atom. The second-order valence-corrected chi connectivity index (χ2v) is 3.65. The Labute approximate surface area is 85.3 Å². The Bertz CT molecular complexity index is 330. The quantitative estimate of drug-likeness (QED) is 0.794. The topological polar surface area (TPSA) is 24.1 Å². The summed E-state index contributed by atoms with van der Waals surface area (Å²) < 4.78 is 25.9. The summed E-state index contributed by atoms with van der Waals surface area (Å²) in [6, 6.07) is 2.09. The van der Waals surface area contributed by atoms with Crippen molar-refractivity contribution in [3.05, 3.63) is 28.8 Å². The number of hydrogen-bond acceptors (Lipinski definition) is 2. The van der Waals surface area contributed by atoms with Crippen LogP contribution < -0.4 is 10.6 Å². The summed E-state index contributed by atoms with van der Waals surface area (Å²) in [5.41, 5.74) is 0.180. The smallest absolute Gasteiger partial charge is 0.150 e. The van der Waals surface area contributed by atoms with Gasteiger partial charge in [-0.25, -0.2) is 8.78 Å². The predicted octanol–water partition coefficient (Wildman–Crippen LogP) is 2.00. The van der Waals surface area contributed by atoms with Gasteiger partial charge in [0.1, 0.15) is 5.82 Å². The van der Waals surface area contributed by atoms with Gasteiger partial charge in [0.05, 0.1) is 16.8 Å². The van der Waals surface area contributed by atoms with Gasteiger partial charge in [-0.2, -0.15) is 0 Å². The maximum atomic E-state index is 13.2. The van der Waals surface area contributed by atoms with Crippen LogP contribution in [0.15, 0.2) is 12.1 Å². The van der Waals surface area contributed by atoms with Crippen LogP contribution in [-0.2, 0) is 0 Å². The number of hydrogen-bond donors (Lipinski definition) is 2. The molecule has 2 rings (SSSR count). The van der Waals surface area contributed by atoms with Gasteiger partial charge < -0.3 is 10.6 Å². The van der Waals surface area contributed by atoms with Crippen molar-refractivity contribution in [3.63, 3.8) is 0 Å². The van der Waals surface area contributed by atoms with Gasteiger partial charge in [0.25, 0.3) is 0 Å². The molecule has 1 saturated heterocycles. The standard InChI is InChI=1S/C9H9ClF2N2/c10-7-1-5(11)2-8(12)9(7)14-6-3-13-4-6/h1-2,6,13-14H,3-4H2. The van der Waals surface area contributed by atoms with Crippen LogP contribution in [0.1, 0.15) is 0 Å². The Hall–Kier alpha value is -0.870. The van der Waals surface area contributed by atoms with Gasteiger partial charge in [0, 0.05) is 19.2 Å². The fraction of sp³-hybridized carbons (Fsp3) is 0.333. The molecule has 0 amide bonds. The van der Waals surface area contributed by atoms with Crippen LogP contribution in [0.4, 0.5) is 14.5 Å². The minimum Gasteiger partial charge on any atom is -0.376 e. The molecule has 0 atom stereocenters. The molecule has 0 aliphatic carbocycles. The Morgan fingerprint density at radius 2 is 2.07 bits per heavy atom. The Kier molecular flexibility index (Phi) is 2.56. The van der Waals surface area contributed by atoms with Crippen molar-refractivity contribution in [1.29, 1.82) is 0 Å². The molecule has 1 fully saturated rings. The summed E-state index contributed by atoms with van der Waals surface area (Å²) in [4.78, 5) is 0. The van der Waals surface area contributed by atoms with E-state index in [4.69, 9.17) is 11.6 Å². The number of nitrogens with one attached hydrogen (secondary N) is 2. The lowest BCUT2D eigenvalue weighted by molar-refractivity contribution is 0.469. The predicted molar refractivity (Wildman–Crippen MR) is 51.6 cm³/mol. The molecule has 0 bridgehead atoms. The minimum atomic E-state index is -0.662. The van der Waals surface area contributed by atoms with Gasteiger partial charge in [0.15, 0.2) is 5.82 Å². The highest BCUT2D eigenvalue weighted by Crippen LogP contribution is 2.27. The van der Waals surface area contributed by atoms with E-state index in [0.717, 1.165) is 25.2 Å². The molecule has 0 unspecified atom stereocenters. The third kappa shape index (κ3) is 1.81. The molecule has 1 aromatic carbocycles. The number of halogens is 3. The highest BCUT2D eigenvalue weighted by Gasteiger charge is 2.19. The van der Waals surface area contributed by atoms with Crippen LogP contribution in [-0.4, -0.2) is 19.1 Å². The van der Waals surface area contributed by atoms with E-state index < -0.39 is 11.6 Å². The zero-order chi connectivity index (χ0) is 10.1. The van der Waals surface area contributed by atoms with Gasteiger partial charge in [-0.3, -0.25) is 0 Å². The van der Waals surface area contributed by atoms with Gasteiger partial charge in [-0.15, -0.1) is 0 Å². The zero-order valence-electron chi connectivity index (χ0n) is 7.28. The molecule has 76 valence electrons. The fourth-order valence-electron chi connectivity index (χ4n) is 1.27. The molecule has 1 aliphatic rings. The first kappa shape index (κ1) is 9.68. The van der Waals surface area contributed by atoms with Crippen LogP contribution >= 0.6 is 11.6 Å². The van der Waals surface area contributed by atoms with Gasteiger partial charge in [0.2, 0.25) is 0 Å². The molecule has 1 aromatic rings. The lowest BCUT2D eigenvalue weighted by Crippen LogP contribution is -2.51. The molecular formula is C9H9ClF2N2. The Balaban J connectivity index is 2.22. The van der Waals surface area contributed by atoms with Crippen molar-refractivity contribution in [2.45, 2.75) is 6.04 Å². The van der Waals surface area contributed by atoms with E-state index in [0.29, 0.717) is 0 Å². The van der Waals surface area contributed by atoms with Crippen LogP contribution in [0.2, 0.25) is 5.02 Å². The first-order valence-corrected chi connectivity index (χ1v) is 4.66. The largest absolute Gasteiger partial charge is 0.376 e. The highest BCUT2D eigenvalue weighted by atomic mass is 35.5. The van der Waals surface area contributed by atoms with Crippen molar-refractivity contribution in [3.8, 4) is 0 Å². The molecule has 0 radical (unpaired) electrons. The first-order valence-electron chi connectivity index (χ1n) is 4.28. The average molecular weight is 219 g/mol. The van der Waals surface area contributed by atoms with E-state index in [2.05, 4.69) is 10.6 Å². The van der Waals surface area contributed by atoms with Crippen molar-refractivity contribution < 1.29 is 8.78 Å². The molecule has 0 spiro atoms. The molecule has 2 nitrogen and oxygen atoms in total. The fourth-order valence-corrected chi connectivity index (χ4v) is 1.52. The van der Waals surface area contributed by atoms with E-state index in [1.165, 1.54) is 0 Å². The first-order chi connectivity index (χ1) is 6.66. The van der Waals surface area contributed by atoms with Crippen LogP contribution in [0.3, 0.4) is 0 Å². The maximum absolute atomic E-state index is 13.2. The highest BCUT2D eigenvalue weighted by molar-refractivity contribution is 6.33. The van der Waals surface area contributed by atoms with E-state index in [1.807, 2.05) is 0 Å². The van der Waals surface area contributed by atoms with Crippen LogP contribution in [0.25, 0.3) is 0 Å². The van der Waals surface area contributed by atoms with Gasteiger partial charge in [-0.05, 0) is 6.07 Å². The summed E-state index contributed by atoms with van der Waals surface area (Å²) >= 11 is 5.70. The SMILES string of the molecule is Fc1cc(F)c(NC2CNC2)c(Cl)c1. The maximum Gasteiger partial charge on any atom is 0.150 e. The van der Waals surface area contributed by atoms with Crippen molar-refractivity contribution in [2.24, 2.45) is 0 Å². The summed E-state index contributed by atoms with van der Waals surface area (Å²) in [7, 11) is 0. The van der Waals surface area contributed by atoms with E-state index in [1.54, 1.807) is 0 Å². The van der Waals surface area contributed by atoms with E-state index in [9.17, 15) is 8.78 Å². The number of rotatable bonds is 2. The van der Waals surface area contributed by atoms with Crippen LogP contribution in [0, 0.1) is 11.6 Å². The normalized spacial score (nSPS) is 16.5. The average Bonchev–Trinajstić information content (AvgIpc) is 1.98. The molecule has 1 heterocycles. The van der Waals surface area contributed by atoms with E-state index >= 15 is 0 Å².